The van der Waals surface area contributed by atoms with Crippen molar-refractivity contribution in [3.05, 3.63) is 28.3 Å². The normalized spacial score (nSPS) is 11.4. The lowest BCUT2D eigenvalue weighted by Crippen LogP contribution is -2.23. The van der Waals surface area contributed by atoms with Crippen molar-refractivity contribution >= 4 is 27.5 Å². The van der Waals surface area contributed by atoms with Crippen molar-refractivity contribution in [1.29, 1.82) is 0 Å². The number of rotatable bonds is 2. The highest BCUT2D eigenvalue weighted by molar-refractivity contribution is 7.89. The minimum Gasteiger partial charge on any atom is -0.345 e. The summed E-state index contributed by atoms with van der Waals surface area (Å²) >= 11 is 5.85. The summed E-state index contributed by atoms with van der Waals surface area (Å²) in [5, 5.41) is 5.08. The Morgan fingerprint density at radius 2 is 1.88 bits per heavy atom. The average Bonchev–Trinajstić information content (AvgIpc) is 2.18. The molecule has 0 aliphatic carbocycles. The van der Waals surface area contributed by atoms with Crippen LogP contribution >= 0.6 is 11.6 Å². The van der Waals surface area contributed by atoms with Crippen LogP contribution in [-0.2, 0) is 10.0 Å². The first-order valence-electron chi connectivity index (χ1n) is 4.69. The van der Waals surface area contributed by atoms with Gasteiger partial charge in [0.25, 0.3) is 5.91 Å². The molecule has 0 atom stereocenters. The zero-order valence-electron chi connectivity index (χ0n) is 9.69. The Morgan fingerprint density at radius 3 is 2.29 bits per heavy atom. The lowest BCUT2D eigenvalue weighted by Gasteiger charge is -2.13. The van der Waals surface area contributed by atoms with E-state index in [-0.39, 0.29) is 21.4 Å². The summed E-state index contributed by atoms with van der Waals surface area (Å²) in [6.45, 7) is 1.61. The predicted molar refractivity (Wildman–Crippen MR) is 65.6 cm³/mol. The number of hydrogen-bond donors (Lipinski definition) is 1. The van der Waals surface area contributed by atoms with Gasteiger partial charge in [0.2, 0.25) is 10.0 Å². The summed E-state index contributed by atoms with van der Waals surface area (Å²) in [4.78, 5) is 12.8. The van der Waals surface area contributed by atoms with Gasteiger partial charge >= 0.3 is 0 Å². The van der Waals surface area contributed by atoms with E-state index in [1.807, 2.05) is 0 Å². The van der Waals surface area contributed by atoms with Gasteiger partial charge in [-0.3, -0.25) is 4.79 Å². The fourth-order valence-corrected chi connectivity index (χ4v) is 2.46. The molecule has 0 unspecified atom stereocenters. The number of carbonyl (C=O) groups is 1. The molecule has 1 rings (SSSR count). The average molecular weight is 277 g/mol. The van der Waals surface area contributed by atoms with Crippen LogP contribution in [0.15, 0.2) is 17.0 Å². The third kappa shape index (κ3) is 2.96. The number of amides is 1. The number of benzene rings is 1. The van der Waals surface area contributed by atoms with Crippen molar-refractivity contribution in [3.8, 4) is 0 Å². The third-order valence-corrected chi connectivity index (χ3v) is 3.73. The molecule has 0 aliphatic heterocycles. The zero-order chi connectivity index (χ0) is 13.4. The molecule has 0 spiro atoms. The number of sulfonamides is 1. The van der Waals surface area contributed by atoms with E-state index in [4.69, 9.17) is 16.7 Å². The lowest BCUT2D eigenvalue weighted by molar-refractivity contribution is 0.0827. The first-order valence-corrected chi connectivity index (χ1v) is 6.61. The van der Waals surface area contributed by atoms with Gasteiger partial charge in [-0.2, -0.15) is 0 Å². The SMILES string of the molecule is Cc1cc(C(=O)N(C)C)cc(S(N)(=O)=O)c1Cl. The topological polar surface area (TPSA) is 80.5 Å². The fourth-order valence-electron chi connectivity index (χ4n) is 1.33. The van der Waals surface area contributed by atoms with Crippen LogP contribution in [0.4, 0.5) is 0 Å². The van der Waals surface area contributed by atoms with Gasteiger partial charge in [-0.15, -0.1) is 0 Å². The second-order valence-corrected chi connectivity index (χ2v) is 5.76. The second kappa shape index (κ2) is 4.64. The van der Waals surface area contributed by atoms with Gasteiger partial charge in [-0.1, -0.05) is 11.6 Å². The van der Waals surface area contributed by atoms with Gasteiger partial charge in [0.1, 0.15) is 4.90 Å². The molecular weight excluding hydrogens is 264 g/mol. The monoisotopic (exact) mass is 276 g/mol. The molecule has 0 bridgehead atoms. The molecule has 7 heteroatoms. The maximum atomic E-state index is 11.7. The van der Waals surface area contributed by atoms with Crippen LogP contribution in [0.25, 0.3) is 0 Å². The Labute approximate surface area is 105 Å². The third-order valence-electron chi connectivity index (χ3n) is 2.18. The molecular formula is C10H13ClN2O3S. The minimum absolute atomic E-state index is 0.0443. The zero-order valence-corrected chi connectivity index (χ0v) is 11.3. The molecule has 0 aliphatic rings. The summed E-state index contributed by atoms with van der Waals surface area (Å²) in [5.74, 6) is -0.310. The Balaban J connectivity index is 3.50. The van der Waals surface area contributed by atoms with Gasteiger partial charge < -0.3 is 4.90 Å². The van der Waals surface area contributed by atoms with Gasteiger partial charge in [0.05, 0.1) is 5.02 Å². The molecule has 0 fully saturated rings. The number of nitrogens with zero attached hydrogens (tertiary/aromatic N) is 1. The van der Waals surface area contributed by atoms with E-state index in [0.29, 0.717) is 5.56 Å². The van der Waals surface area contributed by atoms with Gasteiger partial charge in [0, 0.05) is 19.7 Å². The van der Waals surface area contributed by atoms with Gasteiger partial charge in [-0.25, -0.2) is 13.6 Å². The number of primary sulfonamides is 1. The molecule has 1 aromatic carbocycles. The van der Waals surface area contributed by atoms with Gasteiger partial charge in [-0.05, 0) is 24.6 Å². The first kappa shape index (κ1) is 14.0. The smallest absolute Gasteiger partial charge is 0.253 e. The summed E-state index contributed by atoms with van der Waals surface area (Å²) in [6, 6.07) is 2.71. The lowest BCUT2D eigenvalue weighted by atomic mass is 10.1. The van der Waals surface area contributed by atoms with E-state index in [1.54, 1.807) is 21.0 Å². The van der Waals surface area contributed by atoms with E-state index in [2.05, 4.69) is 0 Å². The van der Waals surface area contributed by atoms with Crippen LogP contribution in [0.1, 0.15) is 15.9 Å². The van der Waals surface area contributed by atoms with Crippen LogP contribution in [0, 0.1) is 6.92 Å². The second-order valence-electron chi connectivity index (χ2n) is 3.85. The summed E-state index contributed by atoms with van der Waals surface area (Å²) < 4.78 is 22.6. The molecule has 1 aromatic rings. The maximum Gasteiger partial charge on any atom is 0.253 e. The summed E-state index contributed by atoms with van der Waals surface area (Å²) in [7, 11) is -0.796. The highest BCUT2D eigenvalue weighted by atomic mass is 35.5. The van der Waals surface area contributed by atoms with Crippen LogP contribution in [0.2, 0.25) is 5.02 Å². The Kier molecular flexibility index (Phi) is 3.81. The van der Waals surface area contributed by atoms with Crippen molar-refractivity contribution in [1.82, 2.24) is 4.90 Å². The number of nitrogens with two attached hydrogens (primary N) is 1. The molecule has 0 saturated heterocycles. The molecule has 0 radical (unpaired) electrons. The van der Waals surface area contributed by atoms with E-state index < -0.39 is 10.0 Å². The van der Waals surface area contributed by atoms with Crippen molar-refractivity contribution in [2.45, 2.75) is 11.8 Å². The minimum atomic E-state index is -3.94. The van der Waals surface area contributed by atoms with Crippen molar-refractivity contribution in [2.24, 2.45) is 5.14 Å². The predicted octanol–water partition coefficient (Wildman–Crippen LogP) is 0.998. The summed E-state index contributed by atoms with van der Waals surface area (Å²) in [5.41, 5.74) is 0.726. The molecule has 0 heterocycles. The molecule has 17 heavy (non-hydrogen) atoms. The van der Waals surface area contributed by atoms with E-state index >= 15 is 0 Å². The maximum absolute atomic E-state index is 11.7. The van der Waals surface area contributed by atoms with E-state index in [0.717, 1.165) is 0 Å². The van der Waals surface area contributed by atoms with Crippen molar-refractivity contribution in [3.63, 3.8) is 0 Å². The van der Waals surface area contributed by atoms with E-state index in [9.17, 15) is 13.2 Å². The number of halogens is 1. The molecule has 2 N–H and O–H groups in total. The van der Waals surface area contributed by atoms with Crippen LogP contribution in [0.5, 0.6) is 0 Å². The Hall–Kier alpha value is -1.11. The van der Waals surface area contributed by atoms with Crippen LogP contribution in [0.3, 0.4) is 0 Å². The fraction of sp³-hybridized carbons (Fsp3) is 0.300. The number of carbonyl (C=O) groups excluding carboxylic acids is 1. The molecule has 0 aromatic heterocycles. The molecule has 94 valence electrons. The standard InChI is InChI=1S/C10H13ClN2O3S/c1-6-4-7(10(14)13(2)3)5-8(9(6)11)17(12,15)16/h4-5H,1-3H3,(H2,12,15,16). The highest BCUT2D eigenvalue weighted by Gasteiger charge is 2.19. The highest BCUT2D eigenvalue weighted by Crippen LogP contribution is 2.26. The molecule has 5 nitrogen and oxygen atoms in total. The summed E-state index contributed by atoms with van der Waals surface area (Å²) in [6.07, 6.45) is 0. The number of aryl methyl sites for hydroxylation is 1. The molecule has 0 saturated carbocycles. The first-order chi connectivity index (χ1) is 7.64. The van der Waals surface area contributed by atoms with Crippen LogP contribution in [-0.4, -0.2) is 33.3 Å². The number of hydrogen-bond acceptors (Lipinski definition) is 3. The van der Waals surface area contributed by atoms with Crippen molar-refractivity contribution in [2.75, 3.05) is 14.1 Å². The quantitative estimate of drug-likeness (QED) is 0.875. The Bertz CT molecular complexity index is 567. The largest absolute Gasteiger partial charge is 0.345 e. The van der Waals surface area contributed by atoms with Crippen molar-refractivity contribution < 1.29 is 13.2 Å². The Morgan fingerprint density at radius 1 is 1.35 bits per heavy atom. The molecule has 1 amide bonds. The van der Waals surface area contributed by atoms with Gasteiger partial charge in [0.15, 0.2) is 0 Å². The van der Waals surface area contributed by atoms with E-state index in [1.165, 1.54) is 17.0 Å². The van der Waals surface area contributed by atoms with Crippen LogP contribution < -0.4 is 5.14 Å².